The van der Waals surface area contributed by atoms with Gasteiger partial charge >= 0.3 is 0 Å². The highest BCUT2D eigenvalue weighted by molar-refractivity contribution is 5.45. The summed E-state index contributed by atoms with van der Waals surface area (Å²) in [6.45, 7) is 8.54. The summed E-state index contributed by atoms with van der Waals surface area (Å²) in [6, 6.07) is 1.95. The molecule has 0 aliphatic rings. The molecule has 0 amide bonds. The topological polar surface area (TPSA) is 47.8 Å². The van der Waals surface area contributed by atoms with Crippen LogP contribution in [0.3, 0.4) is 0 Å². The summed E-state index contributed by atoms with van der Waals surface area (Å²) in [5.41, 5.74) is 0.387. The molecule has 0 spiro atoms. The summed E-state index contributed by atoms with van der Waals surface area (Å²) in [5.74, 6) is 1.13. The van der Waals surface area contributed by atoms with Gasteiger partial charge in [0, 0.05) is 6.92 Å². The van der Waals surface area contributed by atoms with Gasteiger partial charge in [-0.1, -0.05) is 6.57 Å². The molecule has 4 heteroatoms. The fourth-order valence-corrected chi connectivity index (χ4v) is 0.850. The van der Waals surface area contributed by atoms with Crippen LogP contribution in [0.25, 0.3) is 4.85 Å². The Morgan fingerprint density at radius 3 is 2.73 bits per heavy atom. The van der Waals surface area contributed by atoms with E-state index < -0.39 is 0 Å². The van der Waals surface area contributed by atoms with E-state index in [-0.39, 0.29) is 0 Å². The van der Waals surface area contributed by atoms with Crippen molar-refractivity contribution in [3.8, 4) is 6.07 Å². The van der Waals surface area contributed by atoms with Crippen molar-refractivity contribution in [2.24, 2.45) is 7.05 Å². The lowest BCUT2D eigenvalue weighted by Gasteiger charge is -1.84. The van der Waals surface area contributed by atoms with E-state index in [1.165, 1.54) is 0 Å². The van der Waals surface area contributed by atoms with E-state index in [0.29, 0.717) is 11.5 Å². The fraction of sp³-hybridized carbons (Fsp3) is 0.286. The number of hydrogen-bond acceptors (Lipinski definition) is 1. The van der Waals surface area contributed by atoms with E-state index in [9.17, 15) is 0 Å². The monoisotopic (exact) mass is 147 g/mol. The van der Waals surface area contributed by atoms with Crippen LogP contribution in [0.1, 0.15) is 11.5 Å². The molecule has 1 heterocycles. The Labute approximate surface area is 64.5 Å². The number of nitriles is 1. The largest absolute Gasteiger partial charge is 0.360 e. The molecule has 0 aliphatic heterocycles. The van der Waals surface area contributed by atoms with Crippen LogP contribution in [0.15, 0.2) is 0 Å². The van der Waals surface area contributed by atoms with Crippen molar-refractivity contribution < 1.29 is 4.57 Å². The molecular formula is C7H7N4+. The Hall–Kier alpha value is -1.81. The van der Waals surface area contributed by atoms with Gasteiger partial charge in [-0.3, -0.25) is 4.98 Å². The van der Waals surface area contributed by atoms with E-state index in [4.69, 9.17) is 11.8 Å². The summed E-state index contributed by atoms with van der Waals surface area (Å²) in [4.78, 5) is 5.97. The second kappa shape index (κ2) is 2.43. The van der Waals surface area contributed by atoms with E-state index in [1.54, 1.807) is 11.6 Å². The molecule has 0 bridgehead atoms. The summed E-state index contributed by atoms with van der Waals surface area (Å²) in [7, 11) is 1.75. The van der Waals surface area contributed by atoms with Crippen molar-refractivity contribution in [3.63, 3.8) is 0 Å². The molecule has 1 aromatic heterocycles. The first-order chi connectivity index (χ1) is 5.20. The number of H-pyrrole nitrogens is 1. The van der Waals surface area contributed by atoms with Crippen LogP contribution in [0, 0.1) is 24.8 Å². The van der Waals surface area contributed by atoms with E-state index in [1.807, 2.05) is 13.0 Å². The van der Waals surface area contributed by atoms with Gasteiger partial charge in [0.1, 0.15) is 6.07 Å². The number of aromatic amines is 1. The maximum absolute atomic E-state index is 8.61. The van der Waals surface area contributed by atoms with Crippen LogP contribution in [0.5, 0.6) is 0 Å². The molecule has 0 aromatic carbocycles. The van der Waals surface area contributed by atoms with Gasteiger partial charge in [0.25, 0.3) is 5.82 Å². The molecule has 0 saturated carbocycles. The minimum absolute atomic E-state index is 0.313. The Kier molecular flexibility index (Phi) is 1.61. The Morgan fingerprint density at radius 2 is 2.36 bits per heavy atom. The molecule has 1 rings (SSSR count). The third kappa shape index (κ3) is 0.948. The predicted molar refractivity (Wildman–Crippen MR) is 37.7 cm³/mol. The molecule has 54 valence electrons. The number of rotatable bonds is 0. The Balaban J connectivity index is 3.45. The summed E-state index contributed by atoms with van der Waals surface area (Å²) in [5, 5.41) is 8.61. The smallest absolute Gasteiger partial charge is 0.288 e. The van der Waals surface area contributed by atoms with Crippen molar-refractivity contribution >= 4 is 5.82 Å². The molecule has 0 unspecified atom stereocenters. The average molecular weight is 147 g/mol. The van der Waals surface area contributed by atoms with Crippen molar-refractivity contribution in [2.45, 2.75) is 6.92 Å². The van der Waals surface area contributed by atoms with Crippen molar-refractivity contribution in [1.29, 1.82) is 5.26 Å². The van der Waals surface area contributed by atoms with Gasteiger partial charge in [-0.25, -0.2) is 4.57 Å². The molecule has 0 saturated heterocycles. The number of nitrogens with zero attached hydrogens (tertiary/aromatic N) is 3. The molecule has 1 aromatic rings. The van der Waals surface area contributed by atoms with E-state index >= 15 is 0 Å². The lowest BCUT2D eigenvalue weighted by Crippen LogP contribution is -2.32. The maximum Gasteiger partial charge on any atom is 0.288 e. The SMILES string of the molecule is [C-]#[N+]c1[nH]c(C)[n+](C)c1C#N. The van der Waals surface area contributed by atoms with Gasteiger partial charge < -0.3 is 4.85 Å². The lowest BCUT2D eigenvalue weighted by molar-refractivity contribution is -0.678. The van der Waals surface area contributed by atoms with Crippen LogP contribution in [0.2, 0.25) is 0 Å². The van der Waals surface area contributed by atoms with Crippen LogP contribution < -0.4 is 4.57 Å². The van der Waals surface area contributed by atoms with Crippen molar-refractivity contribution in [3.05, 3.63) is 22.9 Å². The maximum atomic E-state index is 8.61. The molecule has 0 atom stereocenters. The highest BCUT2D eigenvalue weighted by Gasteiger charge is 2.14. The molecular weight excluding hydrogens is 140 g/mol. The predicted octanol–water partition coefficient (Wildman–Crippen LogP) is 0.570. The van der Waals surface area contributed by atoms with Gasteiger partial charge in [0.15, 0.2) is 0 Å². The first-order valence-corrected chi connectivity index (χ1v) is 3.07. The summed E-state index contributed by atoms with van der Waals surface area (Å²) < 4.78 is 1.66. The number of aryl methyl sites for hydroxylation is 1. The lowest BCUT2D eigenvalue weighted by atomic mass is 10.5. The van der Waals surface area contributed by atoms with Gasteiger partial charge in [0.05, 0.1) is 7.05 Å². The highest BCUT2D eigenvalue weighted by atomic mass is 15.1. The molecule has 1 N–H and O–H groups in total. The van der Waals surface area contributed by atoms with Crippen LogP contribution in [0.4, 0.5) is 5.82 Å². The molecule has 0 aliphatic carbocycles. The molecule has 0 radical (unpaired) electrons. The van der Waals surface area contributed by atoms with Gasteiger partial charge in [-0.15, -0.1) is 0 Å². The van der Waals surface area contributed by atoms with Crippen LogP contribution in [-0.2, 0) is 7.05 Å². The quantitative estimate of drug-likeness (QED) is 0.423. The molecule has 11 heavy (non-hydrogen) atoms. The van der Waals surface area contributed by atoms with Gasteiger partial charge in [-0.2, -0.15) is 5.26 Å². The number of hydrogen-bond donors (Lipinski definition) is 1. The Bertz CT molecular complexity index is 361. The summed E-state index contributed by atoms with van der Waals surface area (Å²) >= 11 is 0. The van der Waals surface area contributed by atoms with Crippen LogP contribution >= 0.6 is 0 Å². The van der Waals surface area contributed by atoms with Crippen LogP contribution in [-0.4, -0.2) is 4.98 Å². The summed E-state index contributed by atoms with van der Waals surface area (Å²) in [6.07, 6.45) is 0. The fourth-order valence-electron chi connectivity index (χ4n) is 0.850. The zero-order valence-corrected chi connectivity index (χ0v) is 6.34. The molecule has 4 nitrogen and oxygen atoms in total. The average Bonchev–Trinajstić information content (AvgIpc) is 2.28. The third-order valence-electron chi connectivity index (χ3n) is 1.58. The number of aromatic nitrogens is 2. The third-order valence-corrected chi connectivity index (χ3v) is 1.58. The van der Waals surface area contributed by atoms with Crippen molar-refractivity contribution in [1.82, 2.24) is 4.98 Å². The van der Waals surface area contributed by atoms with E-state index in [0.717, 1.165) is 5.82 Å². The van der Waals surface area contributed by atoms with Gasteiger partial charge in [0.2, 0.25) is 11.5 Å². The minimum Gasteiger partial charge on any atom is -0.360 e. The normalized spacial score (nSPS) is 8.73. The van der Waals surface area contributed by atoms with E-state index in [2.05, 4.69) is 9.83 Å². The number of nitrogens with one attached hydrogen (secondary N) is 1. The van der Waals surface area contributed by atoms with Crippen molar-refractivity contribution in [2.75, 3.05) is 0 Å². The molecule has 0 fully saturated rings. The highest BCUT2D eigenvalue weighted by Crippen LogP contribution is 2.11. The zero-order chi connectivity index (χ0) is 8.43. The Morgan fingerprint density at radius 1 is 1.73 bits per heavy atom. The standard InChI is InChI=1S/C7H6N4/c1-5-10-7(9-2)6(4-8)11(5)3/h1,3H3/p+1. The second-order valence-electron chi connectivity index (χ2n) is 2.19. The second-order valence-corrected chi connectivity index (χ2v) is 2.19. The first kappa shape index (κ1) is 7.30. The van der Waals surface area contributed by atoms with Gasteiger partial charge in [-0.05, 0) is 0 Å². The number of imidazole rings is 1. The zero-order valence-electron chi connectivity index (χ0n) is 6.34. The first-order valence-electron chi connectivity index (χ1n) is 3.07. The minimum atomic E-state index is 0.313.